The van der Waals surface area contributed by atoms with Crippen LogP contribution in [0, 0.1) is 5.92 Å². The fraction of sp³-hybridized carbons (Fsp3) is 0.636. The summed E-state index contributed by atoms with van der Waals surface area (Å²) in [5.41, 5.74) is 6.50. The molecule has 16 heavy (non-hydrogen) atoms. The van der Waals surface area contributed by atoms with Gasteiger partial charge in [0, 0.05) is 13.1 Å². The smallest absolute Gasteiger partial charge is 0.221 e. The molecule has 2 rings (SSSR count). The van der Waals surface area contributed by atoms with Crippen molar-refractivity contribution in [3.63, 3.8) is 0 Å². The van der Waals surface area contributed by atoms with E-state index < -0.39 is 0 Å². The number of aromatic nitrogens is 2. The first-order valence-electron chi connectivity index (χ1n) is 5.72. The standard InChI is InChI=1S/C11H18N4O/c1-8(16)14-10-6-13-15(7-10)11-4-2-3-9(11)5-12/h6-7,9,11H,2-5,12H2,1H3,(H,14,16). The maximum atomic E-state index is 10.9. The largest absolute Gasteiger partial charge is 0.330 e. The van der Waals surface area contributed by atoms with E-state index in [9.17, 15) is 4.79 Å². The normalized spacial score (nSPS) is 24.6. The molecule has 1 aromatic rings. The van der Waals surface area contributed by atoms with Crippen LogP contribution in [0.15, 0.2) is 12.4 Å². The van der Waals surface area contributed by atoms with Crippen molar-refractivity contribution < 1.29 is 4.79 Å². The zero-order valence-electron chi connectivity index (χ0n) is 9.52. The number of hydrogen-bond acceptors (Lipinski definition) is 3. The summed E-state index contributed by atoms with van der Waals surface area (Å²) >= 11 is 0. The molecule has 1 aromatic heterocycles. The Morgan fingerprint density at radius 2 is 2.50 bits per heavy atom. The van der Waals surface area contributed by atoms with Crippen molar-refractivity contribution in [3.05, 3.63) is 12.4 Å². The summed E-state index contributed by atoms with van der Waals surface area (Å²) in [6, 6.07) is 0.396. The van der Waals surface area contributed by atoms with E-state index in [0.29, 0.717) is 18.5 Å². The molecule has 1 saturated carbocycles. The third kappa shape index (κ3) is 2.24. The van der Waals surface area contributed by atoms with E-state index in [4.69, 9.17) is 5.73 Å². The Hall–Kier alpha value is -1.36. The molecular formula is C11H18N4O. The topological polar surface area (TPSA) is 72.9 Å². The SMILES string of the molecule is CC(=O)Nc1cnn(C2CCCC2CN)c1. The number of rotatable bonds is 3. The second kappa shape index (κ2) is 4.65. The lowest BCUT2D eigenvalue weighted by Crippen LogP contribution is -2.21. The minimum Gasteiger partial charge on any atom is -0.330 e. The summed E-state index contributed by atoms with van der Waals surface area (Å²) in [4.78, 5) is 10.9. The lowest BCUT2D eigenvalue weighted by Gasteiger charge is -2.17. The molecule has 1 heterocycles. The number of carbonyl (C=O) groups excluding carboxylic acids is 1. The third-order valence-electron chi connectivity index (χ3n) is 3.18. The van der Waals surface area contributed by atoms with Gasteiger partial charge in [-0.05, 0) is 25.3 Å². The summed E-state index contributed by atoms with van der Waals surface area (Å²) in [5, 5.41) is 7.02. The van der Waals surface area contributed by atoms with E-state index in [0.717, 1.165) is 12.1 Å². The van der Waals surface area contributed by atoms with Crippen molar-refractivity contribution in [2.45, 2.75) is 32.2 Å². The predicted octanol–water partition coefficient (Wildman–Crippen LogP) is 1.14. The van der Waals surface area contributed by atoms with E-state index in [1.807, 2.05) is 10.9 Å². The van der Waals surface area contributed by atoms with Gasteiger partial charge in [-0.25, -0.2) is 0 Å². The van der Waals surface area contributed by atoms with Crippen molar-refractivity contribution in [2.75, 3.05) is 11.9 Å². The Morgan fingerprint density at radius 3 is 3.19 bits per heavy atom. The number of nitrogens with zero attached hydrogens (tertiary/aromatic N) is 2. The Morgan fingerprint density at radius 1 is 1.69 bits per heavy atom. The highest BCUT2D eigenvalue weighted by Crippen LogP contribution is 2.34. The van der Waals surface area contributed by atoms with Gasteiger partial charge in [-0.3, -0.25) is 9.48 Å². The predicted molar refractivity (Wildman–Crippen MR) is 62.0 cm³/mol. The number of anilines is 1. The first-order chi connectivity index (χ1) is 7.70. The highest BCUT2D eigenvalue weighted by Gasteiger charge is 2.28. The summed E-state index contributed by atoms with van der Waals surface area (Å²) in [6.07, 6.45) is 7.09. The van der Waals surface area contributed by atoms with Crippen LogP contribution in [0.3, 0.4) is 0 Å². The van der Waals surface area contributed by atoms with Gasteiger partial charge in [0.2, 0.25) is 5.91 Å². The average Bonchev–Trinajstić information content (AvgIpc) is 2.83. The summed E-state index contributed by atoms with van der Waals surface area (Å²) < 4.78 is 1.94. The van der Waals surface area contributed by atoms with Gasteiger partial charge in [0.25, 0.3) is 0 Å². The molecular weight excluding hydrogens is 204 g/mol. The van der Waals surface area contributed by atoms with Gasteiger partial charge in [-0.1, -0.05) is 6.42 Å². The minimum absolute atomic E-state index is 0.0682. The molecule has 2 unspecified atom stereocenters. The van der Waals surface area contributed by atoms with Gasteiger partial charge in [0.1, 0.15) is 0 Å². The average molecular weight is 222 g/mol. The van der Waals surface area contributed by atoms with Crippen LogP contribution in [-0.4, -0.2) is 22.2 Å². The molecule has 5 heteroatoms. The summed E-state index contributed by atoms with van der Waals surface area (Å²) in [6.45, 7) is 2.20. The number of carbonyl (C=O) groups is 1. The van der Waals surface area contributed by atoms with Crippen molar-refractivity contribution in [1.82, 2.24) is 9.78 Å². The van der Waals surface area contributed by atoms with Gasteiger partial charge >= 0.3 is 0 Å². The van der Waals surface area contributed by atoms with E-state index in [1.165, 1.54) is 19.8 Å². The Balaban J connectivity index is 2.09. The quantitative estimate of drug-likeness (QED) is 0.805. The van der Waals surface area contributed by atoms with Crippen molar-refractivity contribution >= 4 is 11.6 Å². The van der Waals surface area contributed by atoms with Gasteiger partial charge < -0.3 is 11.1 Å². The van der Waals surface area contributed by atoms with Crippen LogP contribution in [0.2, 0.25) is 0 Å². The summed E-state index contributed by atoms with van der Waals surface area (Å²) in [5.74, 6) is 0.450. The molecule has 1 aliphatic carbocycles. The molecule has 3 N–H and O–H groups in total. The number of nitrogens with one attached hydrogen (secondary N) is 1. The minimum atomic E-state index is -0.0682. The van der Waals surface area contributed by atoms with Crippen LogP contribution in [0.25, 0.3) is 0 Å². The molecule has 1 amide bonds. The van der Waals surface area contributed by atoms with Crippen LogP contribution in [0.4, 0.5) is 5.69 Å². The Labute approximate surface area is 95.0 Å². The van der Waals surface area contributed by atoms with E-state index in [-0.39, 0.29) is 5.91 Å². The Bertz CT molecular complexity index is 374. The van der Waals surface area contributed by atoms with Crippen LogP contribution < -0.4 is 11.1 Å². The summed E-state index contributed by atoms with van der Waals surface area (Å²) in [7, 11) is 0. The first-order valence-corrected chi connectivity index (χ1v) is 5.72. The van der Waals surface area contributed by atoms with Crippen LogP contribution in [0.1, 0.15) is 32.2 Å². The molecule has 0 aliphatic heterocycles. The molecule has 0 aromatic carbocycles. The molecule has 0 bridgehead atoms. The lowest BCUT2D eigenvalue weighted by atomic mass is 10.0. The second-order valence-corrected chi connectivity index (χ2v) is 4.38. The van der Waals surface area contributed by atoms with Crippen LogP contribution >= 0.6 is 0 Å². The number of amides is 1. The van der Waals surface area contributed by atoms with Crippen molar-refractivity contribution in [3.8, 4) is 0 Å². The third-order valence-corrected chi connectivity index (χ3v) is 3.18. The molecule has 0 saturated heterocycles. The highest BCUT2D eigenvalue weighted by molar-refractivity contribution is 5.88. The fourth-order valence-corrected chi connectivity index (χ4v) is 2.43. The van der Waals surface area contributed by atoms with Gasteiger partial charge in [-0.2, -0.15) is 5.10 Å². The molecule has 5 nitrogen and oxygen atoms in total. The monoisotopic (exact) mass is 222 g/mol. The molecule has 88 valence electrons. The molecule has 0 radical (unpaired) electrons. The van der Waals surface area contributed by atoms with Gasteiger partial charge in [0.05, 0.1) is 17.9 Å². The van der Waals surface area contributed by atoms with Crippen molar-refractivity contribution in [1.29, 1.82) is 0 Å². The number of nitrogens with two attached hydrogens (primary N) is 1. The number of hydrogen-bond donors (Lipinski definition) is 2. The fourth-order valence-electron chi connectivity index (χ4n) is 2.43. The van der Waals surface area contributed by atoms with Gasteiger partial charge in [-0.15, -0.1) is 0 Å². The maximum absolute atomic E-state index is 10.9. The zero-order valence-corrected chi connectivity index (χ0v) is 9.52. The van der Waals surface area contributed by atoms with E-state index >= 15 is 0 Å². The van der Waals surface area contributed by atoms with E-state index in [2.05, 4.69) is 10.4 Å². The second-order valence-electron chi connectivity index (χ2n) is 4.38. The molecule has 1 fully saturated rings. The van der Waals surface area contributed by atoms with Crippen molar-refractivity contribution in [2.24, 2.45) is 11.7 Å². The van der Waals surface area contributed by atoms with E-state index in [1.54, 1.807) is 6.20 Å². The lowest BCUT2D eigenvalue weighted by molar-refractivity contribution is -0.114. The van der Waals surface area contributed by atoms with Gasteiger partial charge in [0.15, 0.2) is 0 Å². The zero-order chi connectivity index (χ0) is 11.5. The van der Waals surface area contributed by atoms with Crippen LogP contribution in [0.5, 0.6) is 0 Å². The maximum Gasteiger partial charge on any atom is 0.221 e. The van der Waals surface area contributed by atoms with Crippen LogP contribution in [-0.2, 0) is 4.79 Å². The Kier molecular flexibility index (Phi) is 3.24. The first kappa shape index (κ1) is 11.1. The molecule has 0 spiro atoms. The molecule has 2 atom stereocenters. The highest BCUT2D eigenvalue weighted by atomic mass is 16.1. The molecule has 1 aliphatic rings.